The van der Waals surface area contributed by atoms with E-state index in [1.807, 2.05) is 32.5 Å². The Kier molecular flexibility index (Phi) is 5.80. The molecule has 1 unspecified atom stereocenters. The van der Waals surface area contributed by atoms with Crippen LogP contribution in [0, 0.1) is 11.3 Å². The first kappa shape index (κ1) is 14.8. The smallest absolute Gasteiger partial charge is 0.220 e. The number of nitrogens with one attached hydrogen (secondary N) is 1. The van der Waals surface area contributed by atoms with Gasteiger partial charge < -0.3 is 10.4 Å². The second kappa shape index (κ2) is 6.64. The first-order valence-electron chi connectivity index (χ1n) is 6.42. The lowest BCUT2D eigenvalue weighted by atomic mass is 9.89. The van der Waals surface area contributed by atoms with Gasteiger partial charge in [-0.05, 0) is 35.7 Å². The molecule has 1 fully saturated rings. The van der Waals surface area contributed by atoms with Crippen molar-refractivity contribution in [2.45, 2.75) is 46.1 Å². The Bertz CT molecular complexity index is 244. The van der Waals surface area contributed by atoms with Gasteiger partial charge in [0.15, 0.2) is 0 Å². The highest BCUT2D eigenvalue weighted by molar-refractivity contribution is 7.99. The van der Waals surface area contributed by atoms with Crippen LogP contribution in [-0.2, 0) is 4.79 Å². The third-order valence-electron chi connectivity index (χ3n) is 3.31. The maximum Gasteiger partial charge on any atom is 0.220 e. The number of aliphatic hydroxyl groups excluding tert-OH is 1. The van der Waals surface area contributed by atoms with E-state index in [1.165, 1.54) is 11.5 Å². The molecule has 1 atom stereocenters. The van der Waals surface area contributed by atoms with Crippen molar-refractivity contribution >= 4 is 17.7 Å². The molecular formula is C13H25NO2S. The Morgan fingerprint density at radius 1 is 1.41 bits per heavy atom. The fraction of sp³-hybridized carbons (Fsp3) is 0.923. The number of rotatable bonds is 4. The van der Waals surface area contributed by atoms with Crippen LogP contribution >= 0.6 is 11.8 Å². The predicted octanol–water partition coefficient (Wildman–Crippen LogP) is 2.04. The first-order valence-corrected chi connectivity index (χ1v) is 7.57. The van der Waals surface area contributed by atoms with Crippen LogP contribution in [0.15, 0.2) is 0 Å². The molecule has 100 valence electrons. The van der Waals surface area contributed by atoms with Crippen molar-refractivity contribution in [3.8, 4) is 0 Å². The summed E-state index contributed by atoms with van der Waals surface area (Å²) in [5, 5.41) is 12.7. The molecule has 1 heterocycles. The molecule has 4 heteroatoms. The fourth-order valence-corrected chi connectivity index (χ4v) is 3.01. The number of carbonyl (C=O) groups excluding carboxylic acids is 1. The molecule has 0 saturated carbocycles. The van der Waals surface area contributed by atoms with E-state index in [1.54, 1.807) is 0 Å². The number of aliphatic hydroxyl groups is 1. The first-order chi connectivity index (χ1) is 7.89. The fourth-order valence-electron chi connectivity index (χ4n) is 1.80. The van der Waals surface area contributed by atoms with Gasteiger partial charge in [0.1, 0.15) is 0 Å². The summed E-state index contributed by atoms with van der Waals surface area (Å²) in [5.41, 5.74) is -0.172. The lowest BCUT2D eigenvalue weighted by Gasteiger charge is -2.26. The third kappa shape index (κ3) is 5.77. The van der Waals surface area contributed by atoms with Gasteiger partial charge in [0.25, 0.3) is 0 Å². The molecule has 0 aliphatic carbocycles. The van der Waals surface area contributed by atoms with E-state index in [0.29, 0.717) is 18.9 Å². The summed E-state index contributed by atoms with van der Waals surface area (Å²) in [4.78, 5) is 11.7. The largest absolute Gasteiger partial charge is 0.391 e. The molecule has 0 aromatic rings. The molecule has 1 aliphatic rings. The Labute approximate surface area is 109 Å². The van der Waals surface area contributed by atoms with Crippen LogP contribution in [0.3, 0.4) is 0 Å². The molecule has 0 radical (unpaired) electrons. The van der Waals surface area contributed by atoms with Gasteiger partial charge in [-0.15, -0.1) is 0 Å². The normalized spacial score (nSPS) is 20.0. The van der Waals surface area contributed by atoms with E-state index in [9.17, 15) is 9.90 Å². The van der Waals surface area contributed by atoms with Gasteiger partial charge in [0.05, 0.1) is 6.10 Å². The zero-order valence-corrected chi connectivity index (χ0v) is 12.0. The minimum Gasteiger partial charge on any atom is -0.391 e. The van der Waals surface area contributed by atoms with Gasteiger partial charge in [0, 0.05) is 13.0 Å². The van der Waals surface area contributed by atoms with Crippen LogP contribution in [-0.4, -0.2) is 35.2 Å². The van der Waals surface area contributed by atoms with Crippen LogP contribution in [0.1, 0.15) is 40.0 Å². The van der Waals surface area contributed by atoms with E-state index < -0.39 is 6.10 Å². The van der Waals surface area contributed by atoms with Crippen LogP contribution in [0.2, 0.25) is 0 Å². The highest BCUT2D eigenvalue weighted by Gasteiger charge is 2.23. The van der Waals surface area contributed by atoms with Crippen LogP contribution in [0.4, 0.5) is 0 Å². The summed E-state index contributed by atoms with van der Waals surface area (Å²) in [5.74, 6) is 3.00. The van der Waals surface area contributed by atoms with E-state index in [4.69, 9.17) is 0 Å². The summed E-state index contributed by atoms with van der Waals surface area (Å²) in [6.45, 7) is 6.29. The Hall–Kier alpha value is -0.220. The highest BCUT2D eigenvalue weighted by Crippen LogP contribution is 2.25. The lowest BCUT2D eigenvalue weighted by Crippen LogP contribution is -2.39. The minimum absolute atomic E-state index is 0.0881. The molecule has 1 aliphatic heterocycles. The quantitative estimate of drug-likeness (QED) is 0.812. The van der Waals surface area contributed by atoms with Crippen LogP contribution in [0.25, 0.3) is 0 Å². The molecule has 17 heavy (non-hydrogen) atoms. The Morgan fingerprint density at radius 2 is 2.00 bits per heavy atom. The average molecular weight is 259 g/mol. The van der Waals surface area contributed by atoms with Gasteiger partial charge in [-0.2, -0.15) is 11.8 Å². The topological polar surface area (TPSA) is 49.3 Å². The second-order valence-electron chi connectivity index (χ2n) is 5.95. The SMILES string of the molecule is CC(C)(C)C(O)CNC(=O)CC1CCSCC1. The Balaban J connectivity index is 2.20. The van der Waals surface area contributed by atoms with Crippen molar-refractivity contribution in [3.05, 3.63) is 0 Å². The zero-order chi connectivity index (χ0) is 12.9. The standard InChI is InChI=1S/C13H25NO2S/c1-13(2,3)11(15)9-14-12(16)8-10-4-6-17-7-5-10/h10-11,15H,4-9H2,1-3H3,(H,14,16). The van der Waals surface area contributed by atoms with E-state index in [2.05, 4.69) is 5.32 Å². The molecule has 3 nitrogen and oxygen atoms in total. The number of hydrogen-bond donors (Lipinski definition) is 2. The lowest BCUT2D eigenvalue weighted by molar-refractivity contribution is -0.122. The van der Waals surface area contributed by atoms with Crippen LogP contribution < -0.4 is 5.32 Å². The summed E-state index contributed by atoms with van der Waals surface area (Å²) >= 11 is 1.98. The zero-order valence-electron chi connectivity index (χ0n) is 11.2. The summed E-state index contributed by atoms with van der Waals surface area (Å²) < 4.78 is 0. The van der Waals surface area contributed by atoms with Crippen LogP contribution in [0.5, 0.6) is 0 Å². The molecule has 1 rings (SSSR count). The minimum atomic E-state index is -0.478. The van der Waals surface area contributed by atoms with E-state index in [0.717, 1.165) is 12.8 Å². The van der Waals surface area contributed by atoms with Gasteiger partial charge in [-0.3, -0.25) is 4.79 Å². The maximum absolute atomic E-state index is 11.7. The summed E-state index contributed by atoms with van der Waals surface area (Å²) in [6, 6.07) is 0. The van der Waals surface area contributed by atoms with Crippen molar-refractivity contribution in [3.63, 3.8) is 0 Å². The highest BCUT2D eigenvalue weighted by atomic mass is 32.2. The van der Waals surface area contributed by atoms with Crippen molar-refractivity contribution in [2.75, 3.05) is 18.1 Å². The van der Waals surface area contributed by atoms with Crippen molar-refractivity contribution < 1.29 is 9.90 Å². The molecule has 2 N–H and O–H groups in total. The molecule has 0 bridgehead atoms. The molecular weight excluding hydrogens is 234 g/mol. The van der Waals surface area contributed by atoms with Crippen molar-refractivity contribution in [1.82, 2.24) is 5.32 Å². The molecule has 0 aromatic carbocycles. The number of carbonyl (C=O) groups is 1. The monoisotopic (exact) mass is 259 g/mol. The molecule has 0 aromatic heterocycles. The molecule has 1 amide bonds. The predicted molar refractivity (Wildman–Crippen MR) is 73.1 cm³/mol. The maximum atomic E-state index is 11.7. The number of amides is 1. The second-order valence-corrected chi connectivity index (χ2v) is 7.17. The van der Waals surface area contributed by atoms with E-state index >= 15 is 0 Å². The van der Waals surface area contributed by atoms with Gasteiger partial charge in [-0.25, -0.2) is 0 Å². The average Bonchev–Trinajstić information content (AvgIpc) is 2.26. The summed E-state index contributed by atoms with van der Waals surface area (Å²) in [6.07, 6.45) is 2.45. The number of hydrogen-bond acceptors (Lipinski definition) is 3. The molecule has 0 spiro atoms. The van der Waals surface area contributed by atoms with Gasteiger partial charge >= 0.3 is 0 Å². The van der Waals surface area contributed by atoms with Gasteiger partial charge in [-0.1, -0.05) is 20.8 Å². The van der Waals surface area contributed by atoms with Gasteiger partial charge in [0.2, 0.25) is 5.91 Å². The summed E-state index contributed by atoms with van der Waals surface area (Å²) in [7, 11) is 0. The third-order valence-corrected chi connectivity index (χ3v) is 4.36. The van der Waals surface area contributed by atoms with Crippen molar-refractivity contribution in [1.29, 1.82) is 0 Å². The molecule has 1 saturated heterocycles. The van der Waals surface area contributed by atoms with E-state index in [-0.39, 0.29) is 11.3 Å². The van der Waals surface area contributed by atoms with Crippen molar-refractivity contribution in [2.24, 2.45) is 11.3 Å². The Morgan fingerprint density at radius 3 is 2.53 bits per heavy atom. The number of thioether (sulfide) groups is 1.